The van der Waals surface area contributed by atoms with Crippen LogP contribution in [-0.4, -0.2) is 28.3 Å². The zero-order chi connectivity index (χ0) is 16.1. The van der Waals surface area contributed by atoms with Gasteiger partial charge in [-0.3, -0.25) is 0 Å². The largest absolute Gasteiger partial charge is 0.224 e. The van der Waals surface area contributed by atoms with Crippen LogP contribution in [0.3, 0.4) is 0 Å². The molecule has 0 saturated heterocycles. The lowest BCUT2D eigenvalue weighted by atomic mass is 10.1. The van der Waals surface area contributed by atoms with Gasteiger partial charge in [0.05, 0.1) is 15.0 Å². The normalized spacial score (nSPS) is 14.0. The first-order valence-electron chi connectivity index (χ1n) is 7.28. The Hall–Kier alpha value is -0.880. The highest BCUT2D eigenvalue weighted by Gasteiger charge is 2.30. The molecule has 1 rings (SSSR count). The van der Waals surface area contributed by atoms with Crippen molar-refractivity contribution >= 4 is 19.7 Å². The predicted molar refractivity (Wildman–Crippen MR) is 85.0 cm³/mol. The first-order valence-corrected chi connectivity index (χ1v) is 10.7. The average molecular weight is 332 g/mol. The summed E-state index contributed by atoms with van der Waals surface area (Å²) in [6.07, 6.45) is 4.68. The predicted octanol–water partition coefficient (Wildman–Crippen LogP) is 3.22. The highest BCUT2D eigenvalue weighted by Crippen LogP contribution is 2.28. The van der Waals surface area contributed by atoms with Crippen LogP contribution in [-0.2, 0) is 19.7 Å². The van der Waals surface area contributed by atoms with Crippen LogP contribution >= 0.6 is 0 Å². The van der Waals surface area contributed by atoms with Crippen LogP contribution in [0.5, 0.6) is 0 Å². The Morgan fingerprint density at radius 1 is 0.905 bits per heavy atom. The second-order valence-electron chi connectivity index (χ2n) is 5.32. The summed E-state index contributed by atoms with van der Waals surface area (Å²) in [6, 6.07) is 5.89. The van der Waals surface area contributed by atoms with Gasteiger partial charge in [-0.25, -0.2) is 16.8 Å². The van der Waals surface area contributed by atoms with Gasteiger partial charge in [-0.15, -0.1) is 0 Å². The van der Waals surface area contributed by atoms with E-state index in [1.165, 1.54) is 12.1 Å². The fraction of sp³-hybridized carbons (Fsp3) is 0.600. The highest BCUT2D eigenvalue weighted by atomic mass is 32.2. The van der Waals surface area contributed by atoms with Gasteiger partial charge < -0.3 is 0 Å². The van der Waals surface area contributed by atoms with E-state index in [-0.39, 0.29) is 9.79 Å². The van der Waals surface area contributed by atoms with Crippen molar-refractivity contribution in [2.75, 3.05) is 6.26 Å². The fourth-order valence-electron chi connectivity index (χ4n) is 2.38. The van der Waals surface area contributed by atoms with Crippen molar-refractivity contribution in [1.82, 2.24) is 0 Å². The minimum absolute atomic E-state index is 0.0537. The number of unbranched alkanes of at least 4 members (excludes halogenated alkanes) is 1. The fourth-order valence-corrected chi connectivity index (χ4v) is 5.94. The molecule has 0 spiro atoms. The van der Waals surface area contributed by atoms with Crippen LogP contribution in [0.25, 0.3) is 0 Å². The van der Waals surface area contributed by atoms with Gasteiger partial charge in [0.2, 0.25) is 0 Å². The van der Waals surface area contributed by atoms with Crippen molar-refractivity contribution < 1.29 is 16.8 Å². The second kappa shape index (κ2) is 7.40. The van der Waals surface area contributed by atoms with Crippen LogP contribution in [0.15, 0.2) is 34.1 Å². The van der Waals surface area contributed by atoms with E-state index < -0.39 is 24.9 Å². The van der Waals surface area contributed by atoms with Crippen LogP contribution in [0.4, 0.5) is 0 Å². The number of benzene rings is 1. The van der Waals surface area contributed by atoms with Crippen LogP contribution in [0, 0.1) is 0 Å². The minimum atomic E-state index is -3.63. The van der Waals surface area contributed by atoms with E-state index in [0.29, 0.717) is 12.8 Å². The summed E-state index contributed by atoms with van der Waals surface area (Å²) < 4.78 is 49.3. The SMILES string of the molecule is CCCCC(CCC)S(=O)(=O)c1ccccc1S(C)(=O)=O. The maximum absolute atomic E-state index is 12.8. The van der Waals surface area contributed by atoms with E-state index >= 15 is 0 Å². The second-order valence-corrected chi connectivity index (χ2v) is 9.50. The Kier molecular flexibility index (Phi) is 6.41. The van der Waals surface area contributed by atoms with Crippen LogP contribution in [0.2, 0.25) is 0 Å². The highest BCUT2D eigenvalue weighted by molar-refractivity contribution is 7.94. The Balaban J connectivity index is 3.35. The smallest absolute Gasteiger partial charge is 0.182 e. The van der Waals surface area contributed by atoms with Gasteiger partial charge in [-0.1, -0.05) is 45.2 Å². The quantitative estimate of drug-likeness (QED) is 0.733. The molecule has 0 amide bonds. The third-order valence-electron chi connectivity index (χ3n) is 3.48. The molecule has 0 bridgehead atoms. The van der Waals surface area contributed by atoms with Gasteiger partial charge in [0.25, 0.3) is 0 Å². The summed E-state index contributed by atoms with van der Waals surface area (Å²) in [5, 5.41) is -0.509. The Morgan fingerprint density at radius 2 is 1.48 bits per heavy atom. The Labute approximate surface area is 128 Å². The van der Waals surface area contributed by atoms with Crippen LogP contribution < -0.4 is 0 Å². The van der Waals surface area contributed by atoms with Crippen molar-refractivity contribution in [1.29, 1.82) is 0 Å². The zero-order valence-electron chi connectivity index (χ0n) is 12.9. The molecule has 0 heterocycles. The summed E-state index contributed by atoms with van der Waals surface area (Å²) in [5.74, 6) is 0. The molecule has 1 aromatic carbocycles. The molecule has 0 aromatic heterocycles. The van der Waals surface area contributed by atoms with Gasteiger partial charge in [0.15, 0.2) is 19.7 Å². The van der Waals surface area contributed by atoms with Crippen molar-refractivity contribution in [3.05, 3.63) is 24.3 Å². The van der Waals surface area contributed by atoms with Crippen LogP contribution in [0.1, 0.15) is 46.0 Å². The molecule has 0 fully saturated rings. The standard InChI is InChI=1S/C15H24O4S2/c1-4-6-10-13(9-5-2)21(18,19)15-12-8-7-11-14(15)20(3,16)17/h7-8,11-13H,4-6,9-10H2,1-3H3. The van der Waals surface area contributed by atoms with Crippen molar-refractivity contribution in [3.63, 3.8) is 0 Å². The number of hydrogen-bond acceptors (Lipinski definition) is 4. The molecule has 1 atom stereocenters. The number of rotatable bonds is 8. The number of hydrogen-bond donors (Lipinski definition) is 0. The average Bonchev–Trinajstić information content (AvgIpc) is 2.42. The lowest BCUT2D eigenvalue weighted by molar-refractivity contribution is 0.544. The Bertz CT molecular complexity index is 661. The van der Waals surface area contributed by atoms with Gasteiger partial charge in [-0.2, -0.15) is 0 Å². The summed E-state index contributed by atoms with van der Waals surface area (Å²) in [6.45, 7) is 3.96. The third kappa shape index (κ3) is 4.54. The van der Waals surface area contributed by atoms with Crippen molar-refractivity contribution in [2.24, 2.45) is 0 Å². The maximum atomic E-state index is 12.8. The Morgan fingerprint density at radius 3 is 1.95 bits per heavy atom. The molecule has 0 aliphatic carbocycles. The van der Waals surface area contributed by atoms with E-state index in [1.54, 1.807) is 12.1 Å². The molecule has 21 heavy (non-hydrogen) atoms. The monoisotopic (exact) mass is 332 g/mol. The molecule has 0 aliphatic rings. The third-order valence-corrected chi connectivity index (χ3v) is 7.09. The molecule has 120 valence electrons. The summed E-state index contributed by atoms with van der Waals surface area (Å²) in [4.78, 5) is -0.148. The molecule has 0 saturated carbocycles. The van der Waals surface area contributed by atoms with E-state index in [1.807, 2.05) is 13.8 Å². The molecular weight excluding hydrogens is 308 g/mol. The summed E-state index contributed by atoms with van der Waals surface area (Å²) in [5.41, 5.74) is 0. The van der Waals surface area contributed by atoms with Crippen molar-refractivity contribution in [3.8, 4) is 0 Å². The lowest BCUT2D eigenvalue weighted by Crippen LogP contribution is -2.23. The van der Waals surface area contributed by atoms with E-state index in [4.69, 9.17) is 0 Å². The van der Waals surface area contributed by atoms with Gasteiger partial charge in [0, 0.05) is 6.26 Å². The zero-order valence-corrected chi connectivity index (χ0v) is 14.5. The lowest BCUT2D eigenvalue weighted by Gasteiger charge is -2.18. The maximum Gasteiger partial charge on any atom is 0.182 e. The van der Waals surface area contributed by atoms with E-state index in [0.717, 1.165) is 25.5 Å². The first kappa shape index (κ1) is 18.2. The van der Waals surface area contributed by atoms with Crippen molar-refractivity contribution in [2.45, 2.75) is 61.0 Å². The molecule has 0 radical (unpaired) electrons. The number of sulfone groups is 2. The molecule has 1 unspecified atom stereocenters. The molecular formula is C15H24O4S2. The van der Waals surface area contributed by atoms with Gasteiger partial charge in [0.1, 0.15) is 0 Å². The van der Waals surface area contributed by atoms with Gasteiger partial charge >= 0.3 is 0 Å². The minimum Gasteiger partial charge on any atom is -0.224 e. The van der Waals surface area contributed by atoms with Gasteiger partial charge in [-0.05, 0) is 25.0 Å². The molecule has 1 aromatic rings. The topological polar surface area (TPSA) is 68.3 Å². The molecule has 0 N–H and O–H groups in total. The first-order chi connectivity index (χ1) is 9.75. The summed E-state index contributed by atoms with van der Waals surface area (Å²) >= 11 is 0. The van der Waals surface area contributed by atoms with E-state index in [2.05, 4.69) is 0 Å². The van der Waals surface area contributed by atoms with E-state index in [9.17, 15) is 16.8 Å². The molecule has 6 heteroatoms. The molecule has 4 nitrogen and oxygen atoms in total. The summed E-state index contributed by atoms with van der Waals surface area (Å²) in [7, 11) is -7.19. The molecule has 0 aliphatic heterocycles.